The van der Waals surface area contributed by atoms with Gasteiger partial charge in [0.05, 0.1) is 12.7 Å². The highest BCUT2D eigenvalue weighted by atomic mass is 16.7. The number of hydrogen-bond donors (Lipinski definition) is 0. The molecule has 0 unspecified atom stereocenters. The van der Waals surface area contributed by atoms with Crippen molar-refractivity contribution in [2.24, 2.45) is 17.8 Å². The molecule has 2 nitrogen and oxygen atoms in total. The molecule has 104 valence electrons. The van der Waals surface area contributed by atoms with Crippen LogP contribution in [0.2, 0.25) is 0 Å². The van der Waals surface area contributed by atoms with E-state index in [1.807, 2.05) is 0 Å². The molecule has 18 heavy (non-hydrogen) atoms. The molecule has 0 saturated carbocycles. The van der Waals surface area contributed by atoms with Gasteiger partial charge in [0.2, 0.25) is 0 Å². The number of ether oxygens (including phenoxy) is 2. The Balaban J connectivity index is 1.96. The zero-order chi connectivity index (χ0) is 13.0. The molecular weight excluding hydrogens is 224 g/mol. The van der Waals surface area contributed by atoms with Crippen LogP contribution >= 0.6 is 0 Å². The molecule has 0 radical (unpaired) electrons. The van der Waals surface area contributed by atoms with Gasteiger partial charge in [-0.3, -0.25) is 0 Å². The minimum Gasteiger partial charge on any atom is -0.352 e. The molecule has 0 aromatic carbocycles. The molecule has 1 aliphatic carbocycles. The van der Waals surface area contributed by atoms with Crippen LogP contribution in [-0.4, -0.2) is 19.0 Å². The quantitative estimate of drug-likeness (QED) is 0.700. The summed E-state index contributed by atoms with van der Waals surface area (Å²) in [6, 6.07) is 0. The molecule has 0 amide bonds. The van der Waals surface area contributed by atoms with Gasteiger partial charge >= 0.3 is 0 Å². The van der Waals surface area contributed by atoms with Gasteiger partial charge in [-0.2, -0.15) is 0 Å². The molecule has 2 heteroatoms. The lowest BCUT2D eigenvalue weighted by Gasteiger charge is -2.41. The van der Waals surface area contributed by atoms with Gasteiger partial charge < -0.3 is 9.47 Å². The van der Waals surface area contributed by atoms with E-state index in [1.165, 1.54) is 19.3 Å². The van der Waals surface area contributed by atoms with Gasteiger partial charge in [-0.25, -0.2) is 0 Å². The van der Waals surface area contributed by atoms with E-state index >= 15 is 0 Å². The van der Waals surface area contributed by atoms with Crippen molar-refractivity contribution >= 4 is 0 Å². The Morgan fingerprint density at radius 3 is 2.61 bits per heavy atom. The van der Waals surface area contributed by atoms with Gasteiger partial charge in [-0.1, -0.05) is 39.3 Å². The third kappa shape index (κ3) is 3.16. The standard InChI is InChI=1S/C16H28O2/c1-4-8-15-13(5-2)11-17-16(18-15)14-10-7-6-9-12(14)3/h6-7,12-16H,4-5,8-11H2,1-3H3/t12-,13+,14+,15-,16-/m0/s1. The predicted molar refractivity (Wildman–Crippen MR) is 74.3 cm³/mol. The summed E-state index contributed by atoms with van der Waals surface area (Å²) in [6.07, 6.45) is 10.9. The second kappa shape index (κ2) is 6.72. The van der Waals surface area contributed by atoms with Crippen molar-refractivity contribution in [3.63, 3.8) is 0 Å². The highest BCUT2D eigenvalue weighted by Crippen LogP contribution is 2.35. The van der Waals surface area contributed by atoms with Gasteiger partial charge in [0, 0.05) is 11.8 Å². The average molecular weight is 252 g/mol. The minimum atomic E-state index is 0.0318. The first-order valence-corrected chi connectivity index (χ1v) is 7.68. The van der Waals surface area contributed by atoms with Gasteiger partial charge in [-0.15, -0.1) is 0 Å². The fraction of sp³-hybridized carbons (Fsp3) is 0.875. The van der Waals surface area contributed by atoms with Crippen LogP contribution in [0, 0.1) is 17.8 Å². The summed E-state index contributed by atoms with van der Waals surface area (Å²) in [5.41, 5.74) is 0. The Morgan fingerprint density at radius 2 is 1.94 bits per heavy atom. The summed E-state index contributed by atoms with van der Waals surface area (Å²) in [7, 11) is 0. The minimum absolute atomic E-state index is 0.0318. The molecule has 1 aliphatic heterocycles. The number of rotatable bonds is 4. The zero-order valence-electron chi connectivity index (χ0n) is 12.1. The van der Waals surface area contributed by atoms with E-state index in [0.29, 0.717) is 23.9 Å². The highest BCUT2D eigenvalue weighted by molar-refractivity contribution is 4.95. The fourth-order valence-corrected chi connectivity index (χ4v) is 3.19. The van der Waals surface area contributed by atoms with Crippen molar-refractivity contribution < 1.29 is 9.47 Å². The molecule has 1 heterocycles. The van der Waals surface area contributed by atoms with Crippen LogP contribution in [0.25, 0.3) is 0 Å². The van der Waals surface area contributed by atoms with E-state index in [4.69, 9.17) is 9.47 Å². The maximum absolute atomic E-state index is 6.28. The molecule has 0 spiro atoms. The molecule has 5 atom stereocenters. The summed E-state index contributed by atoms with van der Waals surface area (Å²) in [6.45, 7) is 7.69. The lowest BCUT2D eigenvalue weighted by Crippen LogP contribution is -2.44. The van der Waals surface area contributed by atoms with Crippen molar-refractivity contribution in [3.05, 3.63) is 12.2 Å². The van der Waals surface area contributed by atoms with E-state index < -0.39 is 0 Å². The second-order valence-corrected chi connectivity index (χ2v) is 5.92. The Hall–Kier alpha value is -0.340. The molecule has 1 fully saturated rings. The van der Waals surface area contributed by atoms with Gasteiger partial charge in [0.1, 0.15) is 0 Å². The first-order valence-electron chi connectivity index (χ1n) is 7.68. The second-order valence-electron chi connectivity index (χ2n) is 5.92. The molecule has 0 aromatic heterocycles. The van der Waals surface area contributed by atoms with Crippen LogP contribution in [0.15, 0.2) is 12.2 Å². The molecule has 0 aromatic rings. The third-order valence-electron chi connectivity index (χ3n) is 4.57. The first kappa shape index (κ1) is 14.1. The monoisotopic (exact) mass is 252 g/mol. The van der Waals surface area contributed by atoms with Crippen LogP contribution in [-0.2, 0) is 9.47 Å². The van der Waals surface area contributed by atoms with Crippen LogP contribution in [0.3, 0.4) is 0 Å². The predicted octanol–water partition coefficient (Wildman–Crippen LogP) is 4.16. The number of allylic oxidation sites excluding steroid dienone is 2. The smallest absolute Gasteiger partial charge is 0.161 e. The van der Waals surface area contributed by atoms with Crippen molar-refractivity contribution in [1.82, 2.24) is 0 Å². The van der Waals surface area contributed by atoms with Crippen molar-refractivity contribution in [1.29, 1.82) is 0 Å². The Labute approximate surface area is 112 Å². The average Bonchev–Trinajstić information content (AvgIpc) is 2.40. The Morgan fingerprint density at radius 1 is 1.17 bits per heavy atom. The maximum atomic E-state index is 6.28. The molecule has 2 aliphatic rings. The Bertz CT molecular complexity index is 274. The first-order chi connectivity index (χ1) is 8.76. The van der Waals surface area contributed by atoms with Crippen molar-refractivity contribution in [2.75, 3.05) is 6.61 Å². The van der Waals surface area contributed by atoms with E-state index in [1.54, 1.807) is 0 Å². The topological polar surface area (TPSA) is 18.5 Å². The van der Waals surface area contributed by atoms with Gasteiger partial charge in [-0.05, 0) is 31.6 Å². The van der Waals surface area contributed by atoms with Crippen LogP contribution in [0.1, 0.15) is 52.9 Å². The van der Waals surface area contributed by atoms with Crippen LogP contribution < -0.4 is 0 Å². The Kier molecular flexibility index (Phi) is 5.25. The van der Waals surface area contributed by atoms with Gasteiger partial charge in [0.15, 0.2) is 6.29 Å². The fourth-order valence-electron chi connectivity index (χ4n) is 3.19. The zero-order valence-corrected chi connectivity index (χ0v) is 12.1. The van der Waals surface area contributed by atoms with Crippen molar-refractivity contribution in [3.8, 4) is 0 Å². The molecule has 2 rings (SSSR count). The van der Waals surface area contributed by atoms with E-state index in [-0.39, 0.29) is 6.29 Å². The summed E-state index contributed by atoms with van der Waals surface area (Å²) in [5, 5.41) is 0. The van der Waals surface area contributed by atoms with Gasteiger partial charge in [0.25, 0.3) is 0 Å². The highest BCUT2D eigenvalue weighted by Gasteiger charge is 2.36. The van der Waals surface area contributed by atoms with E-state index in [9.17, 15) is 0 Å². The largest absolute Gasteiger partial charge is 0.352 e. The molecule has 0 N–H and O–H groups in total. The SMILES string of the molecule is CCC[C@@H]1O[C@@H]([C@@H]2CC=CC[C@@H]2C)OC[C@H]1CC. The normalized spacial score (nSPS) is 40.9. The van der Waals surface area contributed by atoms with E-state index in [0.717, 1.165) is 19.4 Å². The molecule has 0 bridgehead atoms. The van der Waals surface area contributed by atoms with Crippen LogP contribution in [0.4, 0.5) is 0 Å². The van der Waals surface area contributed by atoms with Crippen molar-refractivity contribution in [2.45, 2.75) is 65.3 Å². The lowest BCUT2D eigenvalue weighted by atomic mass is 9.83. The summed E-state index contributed by atoms with van der Waals surface area (Å²) in [4.78, 5) is 0. The summed E-state index contributed by atoms with van der Waals surface area (Å²) >= 11 is 0. The van der Waals surface area contributed by atoms with E-state index in [2.05, 4.69) is 32.9 Å². The van der Waals surface area contributed by atoms with Crippen LogP contribution in [0.5, 0.6) is 0 Å². The summed E-state index contributed by atoms with van der Waals surface area (Å²) in [5.74, 6) is 1.82. The number of hydrogen-bond acceptors (Lipinski definition) is 2. The third-order valence-corrected chi connectivity index (χ3v) is 4.57. The maximum Gasteiger partial charge on any atom is 0.161 e. The lowest BCUT2D eigenvalue weighted by molar-refractivity contribution is -0.264. The summed E-state index contributed by atoms with van der Waals surface area (Å²) < 4.78 is 12.3. The molecule has 1 saturated heterocycles. The molecular formula is C16H28O2.